The SMILES string of the molecule is CC(C)NC(C)(CO)CN1CCc2ccccc2CC1. The molecule has 3 nitrogen and oxygen atoms in total. The smallest absolute Gasteiger partial charge is 0.0623 e. The average Bonchev–Trinajstić information content (AvgIpc) is 2.61. The van der Waals surface area contributed by atoms with Gasteiger partial charge < -0.3 is 15.3 Å². The molecule has 1 aromatic rings. The fourth-order valence-corrected chi connectivity index (χ4v) is 3.20. The first-order valence-corrected chi connectivity index (χ1v) is 7.70. The van der Waals surface area contributed by atoms with Gasteiger partial charge in [-0.2, -0.15) is 0 Å². The summed E-state index contributed by atoms with van der Waals surface area (Å²) >= 11 is 0. The molecule has 0 spiro atoms. The van der Waals surface area contributed by atoms with Crippen LogP contribution in [0.3, 0.4) is 0 Å². The first-order valence-electron chi connectivity index (χ1n) is 7.70. The minimum Gasteiger partial charge on any atom is -0.394 e. The normalized spacial score (nSPS) is 19.4. The lowest BCUT2D eigenvalue weighted by Crippen LogP contribution is -2.56. The van der Waals surface area contributed by atoms with Gasteiger partial charge in [-0.25, -0.2) is 0 Å². The third-order valence-electron chi connectivity index (χ3n) is 4.07. The molecule has 0 radical (unpaired) electrons. The van der Waals surface area contributed by atoms with Crippen molar-refractivity contribution in [3.63, 3.8) is 0 Å². The van der Waals surface area contributed by atoms with Gasteiger partial charge in [0.25, 0.3) is 0 Å². The van der Waals surface area contributed by atoms with Gasteiger partial charge in [-0.1, -0.05) is 38.1 Å². The predicted octanol–water partition coefficient (Wildman–Crippen LogP) is 1.84. The zero-order chi connectivity index (χ0) is 14.6. The molecule has 1 heterocycles. The van der Waals surface area contributed by atoms with Crippen LogP contribution in [0.25, 0.3) is 0 Å². The van der Waals surface area contributed by atoms with Crippen molar-refractivity contribution in [3.8, 4) is 0 Å². The average molecular weight is 276 g/mol. The van der Waals surface area contributed by atoms with Crippen molar-refractivity contribution in [1.82, 2.24) is 10.2 Å². The number of rotatable bonds is 5. The Morgan fingerprint density at radius 1 is 1.20 bits per heavy atom. The van der Waals surface area contributed by atoms with Gasteiger partial charge in [0.05, 0.1) is 12.1 Å². The Hall–Kier alpha value is -0.900. The molecule has 20 heavy (non-hydrogen) atoms. The molecule has 112 valence electrons. The summed E-state index contributed by atoms with van der Waals surface area (Å²) in [5, 5.41) is 13.2. The van der Waals surface area contributed by atoms with Crippen molar-refractivity contribution in [2.24, 2.45) is 0 Å². The molecule has 0 fully saturated rings. The summed E-state index contributed by atoms with van der Waals surface area (Å²) in [4.78, 5) is 2.48. The monoisotopic (exact) mass is 276 g/mol. The van der Waals surface area contributed by atoms with Gasteiger partial charge in [-0.05, 0) is 30.9 Å². The maximum Gasteiger partial charge on any atom is 0.0623 e. The van der Waals surface area contributed by atoms with E-state index in [0.717, 1.165) is 32.5 Å². The van der Waals surface area contributed by atoms with Crippen LogP contribution in [0.15, 0.2) is 24.3 Å². The lowest BCUT2D eigenvalue weighted by Gasteiger charge is -2.36. The molecule has 0 aromatic heterocycles. The number of fused-ring (bicyclic) bond motifs is 1. The molecule has 1 aromatic carbocycles. The highest BCUT2D eigenvalue weighted by atomic mass is 16.3. The summed E-state index contributed by atoms with van der Waals surface area (Å²) in [5.74, 6) is 0. The topological polar surface area (TPSA) is 35.5 Å². The number of aliphatic hydroxyl groups excluding tert-OH is 1. The van der Waals surface area contributed by atoms with Crippen LogP contribution in [0.1, 0.15) is 31.9 Å². The van der Waals surface area contributed by atoms with E-state index in [2.05, 4.69) is 55.3 Å². The summed E-state index contributed by atoms with van der Waals surface area (Å²) in [6.07, 6.45) is 2.22. The van der Waals surface area contributed by atoms with Gasteiger partial charge in [-0.15, -0.1) is 0 Å². The van der Waals surface area contributed by atoms with Crippen LogP contribution in [0.5, 0.6) is 0 Å². The van der Waals surface area contributed by atoms with Crippen LogP contribution >= 0.6 is 0 Å². The van der Waals surface area contributed by atoms with Crippen molar-refractivity contribution in [1.29, 1.82) is 0 Å². The van der Waals surface area contributed by atoms with Crippen LogP contribution in [0, 0.1) is 0 Å². The Kier molecular flexibility index (Phi) is 5.19. The molecule has 1 aliphatic rings. The molecule has 2 rings (SSSR count). The molecule has 0 amide bonds. The van der Waals surface area contributed by atoms with Crippen molar-refractivity contribution < 1.29 is 5.11 Å². The van der Waals surface area contributed by atoms with Gasteiger partial charge in [0.15, 0.2) is 0 Å². The predicted molar refractivity (Wildman–Crippen MR) is 84.1 cm³/mol. The molecule has 3 heteroatoms. The standard InChI is InChI=1S/C17H28N2O/c1-14(2)18-17(3,13-20)12-19-10-8-15-6-4-5-7-16(15)9-11-19/h4-7,14,18,20H,8-13H2,1-3H3. The van der Waals surface area contributed by atoms with E-state index in [4.69, 9.17) is 0 Å². The van der Waals surface area contributed by atoms with Gasteiger partial charge >= 0.3 is 0 Å². The third-order valence-corrected chi connectivity index (χ3v) is 4.07. The van der Waals surface area contributed by atoms with E-state index < -0.39 is 0 Å². The number of hydrogen-bond donors (Lipinski definition) is 2. The summed E-state index contributed by atoms with van der Waals surface area (Å²) in [6.45, 7) is 9.60. The van der Waals surface area contributed by atoms with Crippen molar-refractivity contribution >= 4 is 0 Å². The fourth-order valence-electron chi connectivity index (χ4n) is 3.20. The number of nitrogens with one attached hydrogen (secondary N) is 1. The number of hydrogen-bond acceptors (Lipinski definition) is 3. The van der Waals surface area contributed by atoms with E-state index >= 15 is 0 Å². The molecular weight excluding hydrogens is 248 g/mol. The third kappa shape index (κ3) is 4.05. The van der Waals surface area contributed by atoms with E-state index in [1.54, 1.807) is 0 Å². The van der Waals surface area contributed by atoms with Crippen molar-refractivity contribution in [2.45, 2.75) is 45.2 Å². The summed E-state index contributed by atoms with van der Waals surface area (Å²) in [5.41, 5.74) is 2.75. The van der Waals surface area contributed by atoms with Crippen molar-refractivity contribution in [3.05, 3.63) is 35.4 Å². The molecule has 0 bridgehead atoms. The molecule has 1 aliphatic heterocycles. The molecule has 1 unspecified atom stereocenters. The molecule has 1 atom stereocenters. The second kappa shape index (κ2) is 6.70. The number of benzene rings is 1. The van der Waals surface area contributed by atoms with Gasteiger partial charge in [-0.3, -0.25) is 0 Å². The Morgan fingerprint density at radius 2 is 1.75 bits per heavy atom. The van der Waals surface area contributed by atoms with E-state index in [-0.39, 0.29) is 12.1 Å². The Morgan fingerprint density at radius 3 is 2.20 bits per heavy atom. The maximum atomic E-state index is 9.72. The van der Waals surface area contributed by atoms with E-state index in [1.807, 2.05) is 0 Å². The van der Waals surface area contributed by atoms with Gasteiger partial charge in [0, 0.05) is 25.7 Å². The Labute approximate surface area is 123 Å². The lowest BCUT2D eigenvalue weighted by atomic mass is 10.0. The van der Waals surface area contributed by atoms with Crippen LogP contribution in [-0.4, -0.2) is 47.8 Å². The summed E-state index contributed by atoms with van der Waals surface area (Å²) in [6, 6.07) is 9.14. The minimum atomic E-state index is -0.218. The Bertz CT molecular complexity index is 406. The zero-order valence-corrected chi connectivity index (χ0v) is 13.0. The highest BCUT2D eigenvalue weighted by Crippen LogP contribution is 2.17. The highest BCUT2D eigenvalue weighted by molar-refractivity contribution is 5.28. The summed E-state index contributed by atoms with van der Waals surface area (Å²) in [7, 11) is 0. The second-order valence-electron chi connectivity index (χ2n) is 6.56. The zero-order valence-electron chi connectivity index (χ0n) is 13.0. The highest BCUT2D eigenvalue weighted by Gasteiger charge is 2.27. The molecule has 2 N–H and O–H groups in total. The lowest BCUT2D eigenvalue weighted by molar-refractivity contribution is 0.115. The fraction of sp³-hybridized carbons (Fsp3) is 0.647. The van der Waals surface area contributed by atoms with E-state index in [0.29, 0.717) is 6.04 Å². The largest absolute Gasteiger partial charge is 0.394 e. The summed E-state index contributed by atoms with van der Waals surface area (Å²) < 4.78 is 0. The quantitative estimate of drug-likeness (QED) is 0.861. The molecule has 0 saturated carbocycles. The minimum absolute atomic E-state index is 0.175. The maximum absolute atomic E-state index is 9.72. The van der Waals surface area contributed by atoms with Crippen LogP contribution in [0.2, 0.25) is 0 Å². The molecule has 0 aliphatic carbocycles. The first kappa shape index (κ1) is 15.5. The van der Waals surface area contributed by atoms with Crippen LogP contribution in [0.4, 0.5) is 0 Å². The van der Waals surface area contributed by atoms with E-state index in [1.165, 1.54) is 11.1 Å². The number of aliphatic hydroxyl groups is 1. The molecular formula is C17H28N2O. The van der Waals surface area contributed by atoms with Gasteiger partial charge in [0.2, 0.25) is 0 Å². The first-order chi connectivity index (χ1) is 9.52. The molecule has 0 saturated heterocycles. The van der Waals surface area contributed by atoms with Gasteiger partial charge in [0.1, 0.15) is 0 Å². The Balaban J connectivity index is 1.98. The van der Waals surface area contributed by atoms with Crippen LogP contribution in [-0.2, 0) is 12.8 Å². The van der Waals surface area contributed by atoms with Crippen molar-refractivity contribution in [2.75, 3.05) is 26.2 Å². The second-order valence-corrected chi connectivity index (χ2v) is 6.56. The van der Waals surface area contributed by atoms with Crippen LogP contribution < -0.4 is 5.32 Å². The van der Waals surface area contributed by atoms with E-state index in [9.17, 15) is 5.11 Å². The number of nitrogens with zero attached hydrogens (tertiary/aromatic N) is 1.